The molecule has 28 heavy (non-hydrogen) atoms. The Bertz CT molecular complexity index is 1080. The van der Waals surface area contributed by atoms with Gasteiger partial charge >= 0.3 is 0 Å². The quantitative estimate of drug-likeness (QED) is 0.470. The van der Waals surface area contributed by atoms with E-state index in [1.807, 2.05) is 30.3 Å². The van der Waals surface area contributed by atoms with Gasteiger partial charge < -0.3 is 10.1 Å². The highest BCUT2D eigenvalue weighted by atomic mass is 32.2. The SMILES string of the molecule is CS(=O)(=O)c1ccc(Nc2ccc(OCc3ccccc3)cc2)c([N+](=O)[O-])c1. The Morgan fingerprint density at radius 3 is 2.29 bits per heavy atom. The molecule has 0 aromatic heterocycles. The number of sulfone groups is 1. The van der Waals surface area contributed by atoms with E-state index in [-0.39, 0.29) is 16.3 Å². The van der Waals surface area contributed by atoms with E-state index >= 15 is 0 Å². The summed E-state index contributed by atoms with van der Waals surface area (Å²) in [4.78, 5) is 10.6. The molecule has 144 valence electrons. The fourth-order valence-electron chi connectivity index (χ4n) is 2.53. The Labute approximate surface area is 162 Å². The molecule has 0 aliphatic carbocycles. The predicted octanol–water partition coefficient (Wildman–Crippen LogP) is 4.32. The minimum absolute atomic E-state index is 0.102. The molecule has 0 radical (unpaired) electrons. The molecule has 0 saturated carbocycles. The van der Waals surface area contributed by atoms with Crippen LogP contribution >= 0.6 is 0 Å². The number of nitro groups is 1. The van der Waals surface area contributed by atoms with Gasteiger partial charge in [-0.2, -0.15) is 0 Å². The van der Waals surface area contributed by atoms with Crippen LogP contribution in [0.15, 0.2) is 77.7 Å². The molecular weight excluding hydrogens is 380 g/mol. The monoisotopic (exact) mass is 398 g/mol. The van der Waals surface area contributed by atoms with Gasteiger partial charge in [-0.15, -0.1) is 0 Å². The van der Waals surface area contributed by atoms with Crippen LogP contribution in [0.25, 0.3) is 0 Å². The van der Waals surface area contributed by atoms with Crippen LogP contribution in [0.4, 0.5) is 17.1 Å². The highest BCUT2D eigenvalue weighted by molar-refractivity contribution is 7.90. The van der Waals surface area contributed by atoms with E-state index in [0.29, 0.717) is 18.0 Å². The molecule has 0 atom stereocenters. The largest absolute Gasteiger partial charge is 0.489 e. The summed E-state index contributed by atoms with van der Waals surface area (Å²) in [5.41, 5.74) is 1.55. The summed E-state index contributed by atoms with van der Waals surface area (Å²) in [6.45, 7) is 0.437. The lowest BCUT2D eigenvalue weighted by atomic mass is 10.2. The molecule has 3 aromatic carbocycles. The van der Waals surface area contributed by atoms with Gasteiger partial charge in [-0.25, -0.2) is 8.42 Å². The molecule has 0 spiro atoms. The van der Waals surface area contributed by atoms with Gasteiger partial charge in [-0.3, -0.25) is 10.1 Å². The highest BCUT2D eigenvalue weighted by Crippen LogP contribution is 2.30. The molecule has 0 fully saturated rings. The van der Waals surface area contributed by atoms with E-state index in [1.54, 1.807) is 24.3 Å². The number of anilines is 2. The van der Waals surface area contributed by atoms with Crippen molar-refractivity contribution in [2.24, 2.45) is 0 Å². The number of nitrogens with zero attached hydrogens (tertiary/aromatic N) is 1. The average molecular weight is 398 g/mol. The lowest BCUT2D eigenvalue weighted by Crippen LogP contribution is -2.02. The third kappa shape index (κ3) is 4.86. The number of benzene rings is 3. The Kier molecular flexibility index (Phi) is 5.60. The van der Waals surface area contributed by atoms with Crippen LogP contribution in [-0.2, 0) is 16.4 Å². The van der Waals surface area contributed by atoms with Gasteiger partial charge in [-0.05, 0) is 42.0 Å². The molecule has 0 amide bonds. The second-order valence-electron chi connectivity index (χ2n) is 6.13. The van der Waals surface area contributed by atoms with Crippen LogP contribution in [0.2, 0.25) is 0 Å². The zero-order valence-electron chi connectivity index (χ0n) is 15.0. The van der Waals surface area contributed by atoms with Crippen molar-refractivity contribution in [2.75, 3.05) is 11.6 Å². The predicted molar refractivity (Wildman–Crippen MR) is 107 cm³/mol. The van der Waals surface area contributed by atoms with Crippen molar-refractivity contribution >= 4 is 26.9 Å². The van der Waals surface area contributed by atoms with Gasteiger partial charge in [0.1, 0.15) is 18.0 Å². The summed E-state index contributed by atoms with van der Waals surface area (Å²) in [6, 6.07) is 20.5. The molecule has 3 rings (SSSR count). The van der Waals surface area contributed by atoms with Crippen LogP contribution < -0.4 is 10.1 Å². The van der Waals surface area contributed by atoms with Crippen molar-refractivity contribution < 1.29 is 18.1 Å². The minimum Gasteiger partial charge on any atom is -0.489 e. The van der Waals surface area contributed by atoms with Crippen molar-refractivity contribution in [3.8, 4) is 5.75 Å². The lowest BCUT2D eigenvalue weighted by molar-refractivity contribution is -0.384. The molecule has 3 aromatic rings. The van der Waals surface area contributed by atoms with Crippen molar-refractivity contribution in [2.45, 2.75) is 11.5 Å². The number of hydrogen-bond acceptors (Lipinski definition) is 6. The van der Waals surface area contributed by atoms with E-state index < -0.39 is 14.8 Å². The smallest absolute Gasteiger partial charge is 0.293 e. The maximum Gasteiger partial charge on any atom is 0.293 e. The van der Waals surface area contributed by atoms with E-state index in [9.17, 15) is 18.5 Å². The van der Waals surface area contributed by atoms with Gasteiger partial charge in [0.05, 0.1) is 9.82 Å². The Morgan fingerprint density at radius 2 is 1.68 bits per heavy atom. The Hall–Kier alpha value is -3.39. The van der Waals surface area contributed by atoms with Gasteiger partial charge in [0.15, 0.2) is 9.84 Å². The number of hydrogen-bond donors (Lipinski definition) is 1. The summed E-state index contributed by atoms with van der Waals surface area (Å²) < 4.78 is 29.0. The first-order valence-corrected chi connectivity index (χ1v) is 10.2. The third-order valence-electron chi connectivity index (χ3n) is 3.98. The number of nitrogens with one attached hydrogen (secondary N) is 1. The second-order valence-corrected chi connectivity index (χ2v) is 8.15. The van der Waals surface area contributed by atoms with Crippen molar-refractivity contribution in [3.63, 3.8) is 0 Å². The van der Waals surface area contributed by atoms with Crippen LogP contribution in [0.1, 0.15) is 5.56 Å². The van der Waals surface area contributed by atoms with Gasteiger partial charge in [0, 0.05) is 18.0 Å². The molecule has 0 bridgehead atoms. The topological polar surface area (TPSA) is 98.5 Å². The molecule has 0 heterocycles. The first kappa shape index (κ1) is 19.4. The Morgan fingerprint density at radius 1 is 1.00 bits per heavy atom. The molecule has 8 heteroatoms. The molecule has 0 aliphatic rings. The Balaban J connectivity index is 1.74. The van der Waals surface area contributed by atoms with Crippen molar-refractivity contribution in [1.29, 1.82) is 0 Å². The molecule has 7 nitrogen and oxygen atoms in total. The summed E-state index contributed by atoms with van der Waals surface area (Å²) >= 11 is 0. The fourth-order valence-corrected chi connectivity index (χ4v) is 3.17. The minimum atomic E-state index is -3.53. The maximum absolute atomic E-state index is 11.6. The van der Waals surface area contributed by atoms with Crippen LogP contribution in [0, 0.1) is 10.1 Å². The highest BCUT2D eigenvalue weighted by Gasteiger charge is 2.18. The summed E-state index contributed by atoms with van der Waals surface area (Å²) in [7, 11) is -3.53. The summed E-state index contributed by atoms with van der Waals surface area (Å²) in [6.07, 6.45) is 1.01. The van der Waals surface area contributed by atoms with Gasteiger partial charge in [0.2, 0.25) is 0 Å². The number of nitro benzene ring substituents is 1. The third-order valence-corrected chi connectivity index (χ3v) is 5.09. The number of ether oxygens (including phenoxy) is 1. The standard InChI is InChI=1S/C20H18N2O5S/c1-28(25,26)18-11-12-19(20(13-18)22(23)24)21-16-7-9-17(10-8-16)27-14-15-5-3-2-4-6-15/h2-13,21H,14H2,1H3. The van der Waals surface area contributed by atoms with Crippen molar-refractivity contribution in [1.82, 2.24) is 0 Å². The first-order valence-electron chi connectivity index (χ1n) is 8.35. The molecule has 1 N–H and O–H groups in total. The average Bonchev–Trinajstić information content (AvgIpc) is 2.67. The fraction of sp³-hybridized carbons (Fsp3) is 0.100. The van der Waals surface area contributed by atoms with E-state index in [0.717, 1.165) is 17.9 Å². The van der Waals surface area contributed by atoms with Crippen LogP contribution in [0.3, 0.4) is 0 Å². The van der Waals surface area contributed by atoms with Gasteiger partial charge in [-0.1, -0.05) is 30.3 Å². The zero-order valence-corrected chi connectivity index (χ0v) is 15.8. The summed E-state index contributed by atoms with van der Waals surface area (Å²) in [5, 5.41) is 14.3. The molecular formula is C20H18N2O5S. The number of rotatable bonds is 7. The van der Waals surface area contributed by atoms with E-state index in [1.165, 1.54) is 12.1 Å². The maximum atomic E-state index is 11.6. The van der Waals surface area contributed by atoms with E-state index in [4.69, 9.17) is 4.74 Å². The summed E-state index contributed by atoms with van der Waals surface area (Å²) in [5.74, 6) is 0.663. The zero-order chi connectivity index (χ0) is 20.1. The van der Waals surface area contributed by atoms with Gasteiger partial charge in [0.25, 0.3) is 5.69 Å². The second kappa shape index (κ2) is 8.10. The first-order chi connectivity index (χ1) is 13.3. The molecule has 0 saturated heterocycles. The normalized spacial score (nSPS) is 11.0. The van der Waals surface area contributed by atoms with E-state index in [2.05, 4.69) is 5.32 Å². The lowest BCUT2D eigenvalue weighted by Gasteiger charge is -2.10. The van der Waals surface area contributed by atoms with Crippen molar-refractivity contribution in [3.05, 3.63) is 88.5 Å². The molecule has 0 aliphatic heterocycles. The van der Waals surface area contributed by atoms with Crippen LogP contribution in [-0.4, -0.2) is 19.6 Å². The molecule has 0 unspecified atom stereocenters. The van der Waals surface area contributed by atoms with Crippen LogP contribution in [0.5, 0.6) is 5.75 Å².